The van der Waals surface area contributed by atoms with Crippen LogP contribution in [-0.2, 0) is 4.74 Å². The van der Waals surface area contributed by atoms with Crippen molar-refractivity contribution in [2.24, 2.45) is 0 Å². The number of ether oxygens (including phenoxy) is 1. The van der Waals surface area contributed by atoms with Gasteiger partial charge in [0.2, 0.25) is 0 Å². The molecule has 3 aromatic rings. The number of carbonyl (C=O) groups excluding carboxylic acids is 1. The second-order valence-corrected chi connectivity index (χ2v) is 8.23. The summed E-state index contributed by atoms with van der Waals surface area (Å²) >= 11 is 12.1. The molecule has 1 amide bonds. The summed E-state index contributed by atoms with van der Waals surface area (Å²) in [6, 6.07) is 15.9. The van der Waals surface area contributed by atoms with Gasteiger partial charge in [0.05, 0.1) is 16.9 Å². The van der Waals surface area contributed by atoms with Crippen molar-refractivity contribution in [2.75, 3.05) is 4.90 Å². The number of aliphatic hydroxyl groups excluding tert-OH is 1. The summed E-state index contributed by atoms with van der Waals surface area (Å²) in [7, 11) is 0. The Bertz CT molecular complexity index is 1000. The minimum absolute atomic E-state index is 0.0752. The highest BCUT2D eigenvalue weighted by molar-refractivity contribution is 6.34. The number of amides is 1. The Morgan fingerprint density at radius 1 is 0.967 bits per heavy atom. The van der Waals surface area contributed by atoms with Gasteiger partial charge in [-0.05, 0) is 50.6 Å². The molecule has 0 saturated carbocycles. The highest BCUT2D eigenvalue weighted by atomic mass is 35.5. The average Bonchev–Trinajstić information content (AvgIpc) is 2.68. The Morgan fingerprint density at radius 3 is 2.03 bits per heavy atom. The molecule has 2 aromatic carbocycles. The molecule has 3 rings (SSSR count). The predicted molar refractivity (Wildman–Crippen MR) is 117 cm³/mol. The van der Waals surface area contributed by atoms with Gasteiger partial charge in [-0.25, -0.2) is 19.7 Å². The lowest BCUT2D eigenvalue weighted by molar-refractivity contribution is 0.0599. The van der Waals surface area contributed by atoms with E-state index in [0.29, 0.717) is 16.9 Å². The van der Waals surface area contributed by atoms with Crippen LogP contribution in [-0.4, -0.2) is 26.8 Å². The maximum absolute atomic E-state index is 12.9. The van der Waals surface area contributed by atoms with Gasteiger partial charge in [0.15, 0.2) is 0 Å². The molecule has 0 bridgehead atoms. The molecule has 1 unspecified atom stereocenters. The van der Waals surface area contributed by atoms with E-state index in [1.165, 1.54) is 11.2 Å². The molecule has 0 aliphatic heterocycles. The Kier molecular flexibility index (Phi) is 6.61. The molecular weight excluding hydrogens is 425 g/mol. The van der Waals surface area contributed by atoms with Crippen molar-refractivity contribution >= 4 is 40.7 Å². The van der Waals surface area contributed by atoms with E-state index >= 15 is 0 Å². The van der Waals surface area contributed by atoms with Crippen molar-refractivity contribution in [3.8, 4) is 0 Å². The standard InChI is InChI=1S/C22H21Cl2N3O3/c1-22(2,3)30-21(29)27(15-7-5-4-6-8-15)16-11-9-14(10-12-16)18(28)17-19(23)25-13-26-20(17)24/h4-13,18,28H,1-3H3. The Balaban J connectivity index is 1.95. The van der Waals surface area contributed by atoms with Gasteiger partial charge in [-0.1, -0.05) is 53.5 Å². The summed E-state index contributed by atoms with van der Waals surface area (Å²) in [6.07, 6.45) is -0.403. The number of halogens is 2. The number of aliphatic hydroxyl groups is 1. The second-order valence-electron chi connectivity index (χ2n) is 7.51. The van der Waals surface area contributed by atoms with Crippen LogP contribution >= 0.6 is 23.2 Å². The fraction of sp³-hybridized carbons (Fsp3) is 0.227. The van der Waals surface area contributed by atoms with Gasteiger partial charge in [0, 0.05) is 0 Å². The van der Waals surface area contributed by atoms with Crippen molar-refractivity contribution < 1.29 is 14.6 Å². The van der Waals surface area contributed by atoms with Gasteiger partial charge in [-0.2, -0.15) is 0 Å². The first-order valence-electron chi connectivity index (χ1n) is 9.19. The van der Waals surface area contributed by atoms with E-state index in [9.17, 15) is 9.90 Å². The molecule has 0 spiro atoms. The van der Waals surface area contributed by atoms with E-state index in [1.807, 2.05) is 51.1 Å². The topological polar surface area (TPSA) is 75.5 Å². The highest BCUT2D eigenvalue weighted by Gasteiger charge is 2.25. The number of hydrogen-bond donors (Lipinski definition) is 1. The van der Waals surface area contributed by atoms with E-state index in [-0.39, 0.29) is 15.9 Å². The number of para-hydroxylation sites is 1. The van der Waals surface area contributed by atoms with Gasteiger partial charge >= 0.3 is 6.09 Å². The van der Waals surface area contributed by atoms with E-state index in [4.69, 9.17) is 27.9 Å². The first-order valence-corrected chi connectivity index (χ1v) is 9.95. The molecule has 0 aliphatic carbocycles. The molecule has 0 aliphatic rings. The molecule has 8 heteroatoms. The minimum atomic E-state index is -1.12. The zero-order valence-corrected chi connectivity index (χ0v) is 18.2. The summed E-state index contributed by atoms with van der Waals surface area (Å²) in [6.45, 7) is 5.43. The largest absolute Gasteiger partial charge is 0.443 e. The third-order valence-corrected chi connectivity index (χ3v) is 4.72. The number of rotatable bonds is 4. The Hall–Kier alpha value is -2.67. The van der Waals surface area contributed by atoms with E-state index < -0.39 is 17.8 Å². The van der Waals surface area contributed by atoms with Crippen LogP contribution in [0.15, 0.2) is 60.9 Å². The summed E-state index contributed by atoms with van der Waals surface area (Å²) in [5, 5.41) is 10.9. The molecule has 156 valence electrons. The summed E-state index contributed by atoms with van der Waals surface area (Å²) < 4.78 is 5.57. The average molecular weight is 446 g/mol. The zero-order valence-electron chi connectivity index (χ0n) is 16.7. The molecule has 1 heterocycles. The van der Waals surface area contributed by atoms with Crippen molar-refractivity contribution in [1.29, 1.82) is 0 Å². The van der Waals surface area contributed by atoms with Gasteiger partial charge in [-0.15, -0.1) is 0 Å². The molecule has 1 aromatic heterocycles. The zero-order chi connectivity index (χ0) is 21.9. The van der Waals surface area contributed by atoms with E-state index in [2.05, 4.69) is 9.97 Å². The van der Waals surface area contributed by atoms with Crippen LogP contribution < -0.4 is 4.90 Å². The predicted octanol–water partition coefficient (Wildman–Crippen LogP) is 5.94. The highest BCUT2D eigenvalue weighted by Crippen LogP contribution is 2.33. The van der Waals surface area contributed by atoms with E-state index in [1.54, 1.807) is 24.3 Å². The molecule has 1 N–H and O–H groups in total. The van der Waals surface area contributed by atoms with Crippen LogP contribution in [0.25, 0.3) is 0 Å². The van der Waals surface area contributed by atoms with Gasteiger partial charge < -0.3 is 9.84 Å². The second kappa shape index (κ2) is 9.00. The lowest BCUT2D eigenvalue weighted by atomic mass is 10.0. The molecule has 0 fully saturated rings. The molecule has 6 nitrogen and oxygen atoms in total. The number of carbonyl (C=O) groups is 1. The first kappa shape index (κ1) is 22.0. The third-order valence-electron chi connectivity index (χ3n) is 4.12. The number of hydrogen-bond acceptors (Lipinski definition) is 5. The molecule has 0 radical (unpaired) electrons. The van der Waals surface area contributed by atoms with Crippen LogP contribution in [0.1, 0.15) is 38.0 Å². The van der Waals surface area contributed by atoms with Crippen LogP contribution in [0.2, 0.25) is 10.3 Å². The molecule has 0 saturated heterocycles. The fourth-order valence-corrected chi connectivity index (χ4v) is 3.32. The number of anilines is 2. The van der Waals surface area contributed by atoms with Crippen LogP contribution in [0.3, 0.4) is 0 Å². The van der Waals surface area contributed by atoms with E-state index in [0.717, 1.165) is 0 Å². The van der Waals surface area contributed by atoms with Gasteiger partial charge in [0.1, 0.15) is 28.3 Å². The smallest absolute Gasteiger partial charge is 0.419 e. The molecule has 30 heavy (non-hydrogen) atoms. The number of aromatic nitrogens is 2. The van der Waals surface area contributed by atoms with Crippen LogP contribution in [0, 0.1) is 0 Å². The number of nitrogens with zero attached hydrogens (tertiary/aromatic N) is 3. The van der Waals surface area contributed by atoms with Crippen LogP contribution in [0.5, 0.6) is 0 Å². The van der Waals surface area contributed by atoms with Crippen molar-refractivity contribution in [3.05, 3.63) is 82.4 Å². The first-order chi connectivity index (χ1) is 14.2. The van der Waals surface area contributed by atoms with Gasteiger partial charge in [0.25, 0.3) is 0 Å². The normalized spacial score (nSPS) is 12.3. The monoisotopic (exact) mass is 445 g/mol. The van der Waals surface area contributed by atoms with Crippen LogP contribution in [0.4, 0.5) is 16.2 Å². The minimum Gasteiger partial charge on any atom is -0.443 e. The summed E-state index contributed by atoms with van der Waals surface area (Å²) in [4.78, 5) is 22.1. The quantitative estimate of drug-likeness (QED) is 0.502. The summed E-state index contributed by atoms with van der Waals surface area (Å²) in [5.74, 6) is 0. The molecular formula is C22H21Cl2N3O3. The SMILES string of the molecule is CC(C)(C)OC(=O)N(c1ccccc1)c1ccc(C(O)c2c(Cl)ncnc2Cl)cc1. The van der Waals surface area contributed by atoms with Gasteiger partial charge in [-0.3, -0.25) is 0 Å². The maximum Gasteiger partial charge on any atom is 0.419 e. The fourth-order valence-electron chi connectivity index (χ4n) is 2.80. The summed E-state index contributed by atoms with van der Waals surface area (Å²) in [5.41, 5.74) is 1.33. The molecule has 1 atom stereocenters. The third kappa shape index (κ3) is 5.08. The number of benzene rings is 2. The van der Waals surface area contributed by atoms with Crippen molar-refractivity contribution in [3.63, 3.8) is 0 Å². The lowest BCUT2D eigenvalue weighted by Crippen LogP contribution is -2.33. The Labute approximate surface area is 185 Å². The Morgan fingerprint density at radius 2 is 1.50 bits per heavy atom. The lowest BCUT2D eigenvalue weighted by Gasteiger charge is -2.27. The van der Waals surface area contributed by atoms with Crippen molar-refractivity contribution in [2.45, 2.75) is 32.5 Å². The maximum atomic E-state index is 12.9. The van der Waals surface area contributed by atoms with Crippen molar-refractivity contribution in [1.82, 2.24) is 9.97 Å².